The maximum atomic E-state index is 11.1. The molecule has 0 aromatic heterocycles. The Morgan fingerprint density at radius 1 is 1.58 bits per heavy atom. The lowest BCUT2D eigenvalue weighted by atomic mass is 9.98. The topological polar surface area (TPSA) is 60.4 Å². The van der Waals surface area contributed by atoms with Crippen molar-refractivity contribution in [3.05, 3.63) is 0 Å². The predicted octanol–water partition coefficient (Wildman–Crippen LogP) is 0.0977. The standard InChI is InChI=1S/C8H10O4/c1-2-3-5(9)7-6(10)4-12-8(7)11/h7H,2-4H2,1H3. The Labute approximate surface area is 69.9 Å². The molecule has 0 aliphatic carbocycles. The Hall–Kier alpha value is -1.19. The first-order chi connectivity index (χ1) is 5.66. The molecule has 0 aromatic rings. The number of cyclic esters (lactones) is 1. The molecule has 0 aromatic carbocycles. The van der Waals surface area contributed by atoms with E-state index in [1.54, 1.807) is 0 Å². The predicted molar refractivity (Wildman–Crippen MR) is 39.4 cm³/mol. The van der Waals surface area contributed by atoms with Gasteiger partial charge in [-0.15, -0.1) is 0 Å². The zero-order chi connectivity index (χ0) is 9.14. The van der Waals surface area contributed by atoms with Crippen LogP contribution in [-0.2, 0) is 19.1 Å². The van der Waals surface area contributed by atoms with E-state index in [0.29, 0.717) is 6.42 Å². The van der Waals surface area contributed by atoms with Crippen molar-refractivity contribution in [3.8, 4) is 0 Å². The van der Waals surface area contributed by atoms with Crippen molar-refractivity contribution in [2.45, 2.75) is 19.8 Å². The molecule has 0 amide bonds. The molecule has 1 aliphatic rings. The molecule has 12 heavy (non-hydrogen) atoms. The third kappa shape index (κ3) is 1.52. The molecule has 4 nitrogen and oxygen atoms in total. The van der Waals surface area contributed by atoms with Gasteiger partial charge in [0.25, 0.3) is 0 Å². The third-order valence-corrected chi connectivity index (χ3v) is 1.73. The molecule has 1 heterocycles. The van der Waals surface area contributed by atoms with Crippen LogP contribution in [-0.4, -0.2) is 24.1 Å². The molecule has 66 valence electrons. The first-order valence-corrected chi connectivity index (χ1v) is 3.89. The molecule has 0 saturated carbocycles. The maximum Gasteiger partial charge on any atom is 0.324 e. The molecule has 4 heteroatoms. The minimum Gasteiger partial charge on any atom is -0.457 e. The van der Waals surface area contributed by atoms with Gasteiger partial charge in [-0.1, -0.05) is 6.92 Å². The summed E-state index contributed by atoms with van der Waals surface area (Å²) in [6.07, 6.45) is 0.918. The summed E-state index contributed by atoms with van der Waals surface area (Å²) in [6, 6.07) is 0. The molecule has 1 saturated heterocycles. The number of carbonyl (C=O) groups is 3. The molecular weight excluding hydrogens is 160 g/mol. The highest BCUT2D eigenvalue weighted by molar-refractivity contribution is 6.20. The van der Waals surface area contributed by atoms with Crippen molar-refractivity contribution in [2.75, 3.05) is 6.61 Å². The fraction of sp³-hybridized carbons (Fsp3) is 0.625. The van der Waals surface area contributed by atoms with Gasteiger partial charge in [0.2, 0.25) is 0 Å². The van der Waals surface area contributed by atoms with Crippen molar-refractivity contribution in [2.24, 2.45) is 5.92 Å². The highest BCUT2D eigenvalue weighted by Gasteiger charge is 2.40. The van der Waals surface area contributed by atoms with Gasteiger partial charge in [-0.3, -0.25) is 14.4 Å². The molecule has 0 radical (unpaired) electrons. The van der Waals surface area contributed by atoms with Crippen molar-refractivity contribution in [1.82, 2.24) is 0 Å². The van der Waals surface area contributed by atoms with Gasteiger partial charge in [0.15, 0.2) is 24.1 Å². The van der Waals surface area contributed by atoms with Crippen LogP contribution >= 0.6 is 0 Å². The Morgan fingerprint density at radius 2 is 2.25 bits per heavy atom. The molecule has 1 atom stereocenters. The van der Waals surface area contributed by atoms with Crippen LogP contribution in [0.3, 0.4) is 0 Å². The Kier molecular flexibility index (Phi) is 2.58. The van der Waals surface area contributed by atoms with E-state index in [4.69, 9.17) is 0 Å². The minimum atomic E-state index is -1.12. The summed E-state index contributed by atoms with van der Waals surface area (Å²) in [4.78, 5) is 32.9. The van der Waals surface area contributed by atoms with Crippen LogP contribution in [0.1, 0.15) is 19.8 Å². The molecule has 1 fully saturated rings. The van der Waals surface area contributed by atoms with Gasteiger partial charge >= 0.3 is 5.97 Å². The van der Waals surface area contributed by atoms with Gasteiger partial charge < -0.3 is 4.74 Å². The SMILES string of the molecule is CCCC(=O)C1C(=O)COC1=O. The maximum absolute atomic E-state index is 11.1. The van der Waals surface area contributed by atoms with Crippen molar-refractivity contribution >= 4 is 17.5 Å². The van der Waals surface area contributed by atoms with E-state index in [-0.39, 0.29) is 18.8 Å². The van der Waals surface area contributed by atoms with Gasteiger partial charge in [-0.25, -0.2) is 0 Å². The molecule has 1 aliphatic heterocycles. The number of carbonyl (C=O) groups excluding carboxylic acids is 3. The summed E-state index contributed by atoms with van der Waals surface area (Å²) in [5, 5.41) is 0. The molecule has 0 bridgehead atoms. The van der Waals surface area contributed by atoms with Crippen LogP contribution in [0.4, 0.5) is 0 Å². The second-order valence-corrected chi connectivity index (χ2v) is 2.72. The summed E-state index contributed by atoms with van der Waals surface area (Å²) < 4.78 is 4.44. The van der Waals surface area contributed by atoms with Gasteiger partial charge in [0.05, 0.1) is 0 Å². The smallest absolute Gasteiger partial charge is 0.324 e. The number of Topliss-reactive ketones (excluding diaryl/α,β-unsaturated/α-hetero) is 2. The van der Waals surface area contributed by atoms with Crippen molar-refractivity contribution in [3.63, 3.8) is 0 Å². The van der Waals surface area contributed by atoms with Gasteiger partial charge in [0, 0.05) is 6.42 Å². The number of hydrogen-bond donors (Lipinski definition) is 0. The van der Waals surface area contributed by atoms with Gasteiger partial charge in [-0.2, -0.15) is 0 Å². The second-order valence-electron chi connectivity index (χ2n) is 2.72. The van der Waals surface area contributed by atoms with Crippen molar-refractivity contribution < 1.29 is 19.1 Å². The largest absolute Gasteiger partial charge is 0.457 e. The second kappa shape index (κ2) is 3.47. The van der Waals surface area contributed by atoms with E-state index < -0.39 is 17.7 Å². The van der Waals surface area contributed by atoms with Gasteiger partial charge in [0.1, 0.15) is 0 Å². The zero-order valence-corrected chi connectivity index (χ0v) is 6.83. The number of esters is 1. The minimum absolute atomic E-state index is 0.237. The normalized spacial score (nSPS) is 22.6. The van der Waals surface area contributed by atoms with Crippen LogP contribution < -0.4 is 0 Å². The van der Waals surface area contributed by atoms with E-state index in [1.165, 1.54) is 0 Å². The molecular formula is C8H10O4. The van der Waals surface area contributed by atoms with Crippen LogP contribution in [0.15, 0.2) is 0 Å². The van der Waals surface area contributed by atoms with E-state index in [1.807, 2.05) is 6.92 Å². The average molecular weight is 170 g/mol. The Bertz CT molecular complexity index is 215. The number of rotatable bonds is 3. The van der Waals surface area contributed by atoms with E-state index in [0.717, 1.165) is 0 Å². The molecule has 1 unspecified atom stereocenters. The lowest BCUT2D eigenvalue weighted by Crippen LogP contribution is -2.25. The Balaban J connectivity index is 2.66. The monoisotopic (exact) mass is 170 g/mol. The summed E-state index contributed by atoms with van der Waals surface area (Å²) in [6.45, 7) is 1.58. The summed E-state index contributed by atoms with van der Waals surface area (Å²) in [5.41, 5.74) is 0. The first-order valence-electron chi connectivity index (χ1n) is 3.89. The lowest BCUT2D eigenvalue weighted by molar-refractivity contribution is -0.144. The number of ketones is 2. The van der Waals surface area contributed by atoms with Crippen molar-refractivity contribution in [1.29, 1.82) is 0 Å². The highest BCUT2D eigenvalue weighted by atomic mass is 16.5. The zero-order valence-electron chi connectivity index (χ0n) is 6.83. The Morgan fingerprint density at radius 3 is 2.67 bits per heavy atom. The lowest BCUT2D eigenvalue weighted by Gasteiger charge is -2.00. The summed E-state index contributed by atoms with van der Waals surface area (Å²) >= 11 is 0. The quantitative estimate of drug-likeness (QED) is 0.445. The van der Waals surface area contributed by atoms with Crippen LogP contribution in [0, 0.1) is 5.92 Å². The fourth-order valence-corrected chi connectivity index (χ4v) is 1.14. The van der Waals surface area contributed by atoms with Crippen LogP contribution in [0.2, 0.25) is 0 Å². The van der Waals surface area contributed by atoms with E-state index >= 15 is 0 Å². The summed E-state index contributed by atoms with van der Waals surface area (Å²) in [5.74, 6) is -2.52. The first kappa shape index (κ1) is 8.90. The molecule has 0 spiro atoms. The highest BCUT2D eigenvalue weighted by Crippen LogP contribution is 2.14. The fourth-order valence-electron chi connectivity index (χ4n) is 1.14. The molecule has 1 rings (SSSR count). The number of ether oxygens (including phenoxy) is 1. The third-order valence-electron chi connectivity index (χ3n) is 1.73. The summed E-state index contributed by atoms with van der Waals surface area (Å²) in [7, 11) is 0. The van der Waals surface area contributed by atoms with Crippen LogP contribution in [0.5, 0.6) is 0 Å². The number of hydrogen-bond acceptors (Lipinski definition) is 4. The van der Waals surface area contributed by atoms with Crippen LogP contribution in [0.25, 0.3) is 0 Å². The van der Waals surface area contributed by atoms with E-state index in [2.05, 4.69) is 4.74 Å². The van der Waals surface area contributed by atoms with Gasteiger partial charge in [-0.05, 0) is 6.42 Å². The molecule has 0 N–H and O–H groups in total. The average Bonchev–Trinajstić information content (AvgIpc) is 2.32. The van der Waals surface area contributed by atoms with E-state index in [9.17, 15) is 14.4 Å².